The van der Waals surface area contributed by atoms with E-state index in [4.69, 9.17) is 10.5 Å². The Kier molecular flexibility index (Phi) is 6.15. The summed E-state index contributed by atoms with van der Waals surface area (Å²) in [6.45, 7) is 3.92. The quantitative estimate of drug-likeness (QED) is 0.577. The molecule has 5 heteroatoms. The molecule has 0 bridgehead atoms. The molecule has 0 radical (unpaired) electrons. The summed E-state index contributed by atoms with van der Waals surface area (Å²) in [7, 11) is 4.01. The van der Waals surface area contributed by atoms with Gasteiger partial charge in [0.2, 0.25) is 0 Å². The molecule has 0 fully saturated rings. The molecule has 0 aliphatic rings. The van der Waals surface area contributed by atoms with Gasteiger partial charge in [0.25, 0.3) is 5.91 Å². The van der Waals surface area contributed by atoms with Crippen molar-refractivity contribution in [2.45, 2.75) is 13.3 Å². The molecule has 106 valence electrons. The molecule has 5 nitrogen and oxygen atoms in total. The third-order valence-electron chi connectivity index (χ3n) is 2.65. The van der Waals surface area contributed by atoms with Gasteiger partial charge in [0.05, 0.1) is 17.9 Å². The number of nitrogens with zero attached hydrogens (tertiary/aromatic N) is 1. The molecule has 3 N–H and O–H groups in total. The van der Waals surface area contributed by atoms with E-state index in [-0.39, 0.29) is 5.91 Å². The summed E-state index contributed by atoms with van der Waals surface area (Å²) in [5.74, 6) is 0.324. The molecule has 0 saturated heterocycles. The number of nitrogen functional groups attached to an aromatic ring is 1. The minimum atomic E-state index is -0.144. The zero-order valence-corrected chi connectivity index (χ0v) is 11.9. The monoisotopic (exact) mass is 265 g/mol. The number of carbonyl (C=O) groups is 1. The first kappa shape index (κ1) is 15.3. The second-order valence-corrected chi connectivity index (χ2v) is 4.57. The van der Waals surface area contributed by atoms with Gasteiger partial charge in [-0.2, -0.15) is 0 Å². The Labute approximate surface area is 114 Å². The number of benzene rings is 1. The van der Waals surface area contributed by atoms with Crippen molar-refractivity contribution in [3.63, 3.8) is 0 Å². The maximum Gasteiger partial charge on any atom is 0.255 e. The lowest BCUT2D eigenvalue weighted by Crippen LogP contribution is -2.27. The van der Waals surface area contributed by atoms with E-state index in [1.54, 1.807) is 18.2 Å². The lowest BCUT2D eigenvalue weighted by molar-refractivity contribution is 0.0948. The molecule has 0 atom stereocenters. The summed E-state index contributed by atoms with van der Waals surface area (Å²) in [6.07, 6.45) is 0.908. The fourth-order valence-electron chi connectivity index (χ4n) is 1.73. The average molecular weight is 265 g/mol. The van der Waals surface area contributed by atoms with Crippen molar-refractivity contribution in [2.75, 3.05) is 39.5 Å². The molecule has 0 aliphatic heterocycles. The maximum absolute atomic E-state index is 12.1. The Balaban J connectivity index is 2.63. The Morgan fingerprint density at radius 3 is 2.79 bits per heavy atom. The van der Waals surface area contributed by atoms with Crippen LogP contribution in [0.5, 0.6) is 5.75 Å². The molecule has 0 aliphatic carbocycles. The lowest BCUT2D eigenvalue weighted by Gasteiger charge is -2.13. The molecule has 1 aromatic rings. The van der Waals surface area contributed by atoms with E-state index < -0.39 is 0 Å². The Hall–Kier alpha value is -1.75. The van der Waals surface area contributed by atoms with Crippen LogP contribution in [0.2, 0.25) is 0 Å². The summed E-state index contributed by atoms with van der Waals surface area (Å²) in [5.41, 5.74) is 6.81. The summed E-state index contributed by atoms with van der Waals surface area (Å²) < 4.78 is 5.44. The van der Waals surface area contributed by atoms with Gasteiger partial charge in [0, 0.05) is 6.54 Å². The highest BCUT2D eigenvalue weighted by molar-refractivity contribution is 5.98. The van der Waals surface area contributed by atoms with E-state index in [1.165, 1.54) is 0 Å². The molecule has 0 aromatic heterocycles. The second-order valence-electron chi connectivity index (χ2n) is 4.57. The minimum Gasteiger partial charge on any atom is -0.491 e. The first-order valence-corrected chi connectivity index (χ1v) is 6.50. The van der Waals surface area contributed by atoms with Gasteiger partial charge in [-0.05, 0) is 46.1 Å². The number of para-hydroxylation sites is 1. The van der Waals surface area contributed by atoms with Gasteiger partial charge in [-0.15, -0.1) is 0 Å². The summed E-state index contributed by atoms with van der Waals surface area (Å²) >= 11 is 0. The SMILES string of the molecule is CCOc1c(N)cccc1C(=O)NCCCN(C)C. The molecule has 1 rings (SSSR count). The number of ether oxygens (including phenoxy) is 1. The largest absolute Gasteiger partial charge is 0.491 e. The average Bonchev–Trinajstić information content (AvgIpc) is 2.36. The highest BCUT2D eigenvalue weighted by atomic mass is 16.5. The van der Waals surface area contributed by atoms with Crippen LogP contribution in [0.15, 0.2) is 18.2 Å². The van der Waals surface area contributed by atoms with Gasteiger partial charge in [-0.3, -0.25) is 4.79 Å². The number of amides is 1. The zero-order chi connectivity index (χ0) is 14.3. The minimum absolute atomic E-state index is 0.144. The van der Waals surface area contributed by atoms with E-state index in [2.05, 4.69) is 10.2 Å². The van der Waals surface area contributed by atoms with E-state index in [9.17, 15) is 4.79 Å². The third-order valence-corrected chi connectivity index (χ3v) is 2.65. The van der Waals surface area contributed by atoms with Crippen molar-refractivity contribution in [1.82, 2.24) is 10.2 Å². The zero-order valence-electron chi connectivity index (χ0n) is 11.9. The molecule has 19 heavy (non-hydrogen) atoms. The van der Waals surface area contributed by atoms with Crippen molar-refractivity contribution in [2.24, 2.45) is 0 Å². The summed E-state index contributed by atoms with van der Waals surface area (Å²) in [6, 6.07) is 5.21. The van der Waals surface area contributed by atoms with Gasteiger partial charge in [-0.1, -0.05) is 6.07 Å². The van der Waals surface area contributed by atoms with Gasteiger partial charge in [0.15, 0.2) is 5.75 Å². The van der Waals surface area contributed by atoms with Crippen molar-refractivity contribution in [1.29, 1.82) is 0 Å². The Bertz CT molecular complexity index is 419. The number of rotatable bonds is 7. The van der Waals surface area contributed by atoms with Crippen LogP contribution in [-0.2, 0) is 0 Å². The molecular weight excluding hydrogens is 242 g/mol. The van der Waals surface area contributed by atoms with E-state index in [0.29, 0.717) is 30.2 Å². The number of nitrogens with two attached hydrogens (primary N) is 1. The van der Waals surface area contributed by atoms with Crippen molar-refractivity contribution in [3.8, 4) is 5.75 Å². The molecule has 0 heterocycles. The molecule has 1 amide bonds. The Morgan fingerprint density at radius 2 is 2.16 bits per heavy atom. The lowest BCUT2D eigenvalue weighted by atomic mass is 10.1. The van der Waals surface area contributed by atoms with Crippen LogP contribution in [0.4, 0.5) is 5.69 Å². The van der Waals surface area contributed by atoms with Gasteiger partial charge in [-0.25, -0.2) is 0 Å². The third kappa shape index (κ3) is 4.79. The van der Waals surface area contributed by atoms with Crippen LogP contribution in [0.1, 0.15) is 23.7 Å². The normalized spacial score (nSPS) is 10.5. The fraction of sp³-hybridized carbons (Fsp3) is 0.500. The maximum atomic E-state index is 12.1. The standard InChI is InChI=1S/C14H23N3O2/c1-4-19-13-11(7-5-8-12(13)15)14(18)16-9-6-10-17(2)3/h5,7-8H,4,6,9-10,15H2,1-3H3,(H,16,18). The summed E-state index contributed by atoms with van der Waals surface area (Å²) in [4.78, 5) is 14.2. The highest BCUT2D eigenvalue weighted by Gasteiger charge is 2.14. The number of nitrogens with one attached hydrogen (secondary N) is 1. The van der Waals surface area contributed by atoms with Crippen molar-refractivity contribution in [3.05, 3.63) is 23.8 Å². The van der Waals surface area contributed by atoms with Crippen LogP contribution >= 0.6 is 0 Å². The topological polar surface area (TPSA) is 67.6 Å². The first-order chi connectivity index (χ1) is 9.06. The predicted octanol–water partition coefficient (Wildman–Crippen LogP) is 1.35. The van der Waals surface area contributed by atoms with Crippen LogP contribution in [0.3, 0.4) is 0 Å². The second kappa shape index (κ2) is 7.63. The first-order valence-electron chi connectivity index (χ1n) is 6.50. The number of carbonyl (C=O) groups excluding carboxylic acids is 1. The smallest absolute Gasteiger partial charge is 0.255 e. The molecular formula is C14H23N3O2. The van der Waals surface area contributed by atoms with Gasteiger partial charge < -0.3 is 20.7 Å². The van der Waals surface area contributed by atoms with Gasteiger partial charge in [0.1, 0.15) is 0 Å². The van der Waals surface area contributed by atoms with Crippen LogP contribution in [0, 0.1) is 0 Å². The van der Waals surface area contributed by atoms with Crippen LogP contribution in [0.25, 0.3) is 0 Å². The van der Waals surface area contributed by atoms with Crippen molar-refractivity contribution >= 4 is 11.6 Å². The summed E-state index contributed by atoms with van der Waals surface area (Å²) in [5, 5.41) is 2.88. The van der Waals surface area contributed by atoms with Crippen LogP contribution < -0.4 is 15.8 Å². The molecule has 1 aromatic carbocycles. The molecule has 0 unspecified atom stereocenters. The van der Waals surface area contributed by atoms with Gasteiger partial charge >= 0.3 is 0 Å². The highest BCUT2D eigenvalue weighted by Crippen LogP contribution is 2.26. The number of hydrogen-bond acceptors (Lipinski definition) is 4. The van der Waals surface area contributed by atoms with E-state index >= 15 is 0 Å². The fourth-order valence-corrected chi connectivity index (χ4v) is 1.73. The Morgan fingerprint density at radius 1 is 1.42 bits per heavy atom. The van der Waals surface area contributed by atoms with Crippen molar-refractivity contribution < 1.29 is 9.53 Å². The molecule has 0 saturated carbocycles. The predicted molar refractivity (Wildman–Crippen MR) is 77.5 cm³/mol. The van der Waals surface area contributed by atoms with E-state index in [0.717, 1.165) is 13.0 Å². The number of anilines is 1. The van der Waals surface area contributed by atoms with Crippen LogP contribution in [-0.4, -0.2) is 44.6 Å². The van der Waals surface area contributed by atoms with E-state index in [1.807, 2.05) is 21.0 Å². The molecule has 0 spiro atoms. The number of hydrogen-bond donors (Lipinski definition) is 2.